The fourth-order valence-corrected chi connectivity index (χ4v) is 2.22. The van der Waals surface area contributed by atoms with Crippen LogP contribution in [0.4, 0.5) is 0 Å². The molecule has 86 valence electrons. The third-order valence-corrected chi connectivity index (χ3v) is 3.55. The average molecular weight is 210 g/mol. The highest BCUT2D eigenvalue weighted by Crippen LogP contribution is 2.32. The number of nitrogens with one attached hydrogen (secondary N) is 1. The van der Waals surface area contributed by atoms with E-state index >= 15 is 0 Å². The van der Waals surface area contributed by atoms with Crippen LogP contribution >= 0.6 is 0 Å². The van der Waals surface area contributed by atoms with Gasteiger partial charge in [-0.3, -0.25) is 4.79 Å². The summed E-state index contributed by atoms with van der Waals surface area (Å²) in [5.41, 5.74) is 0. The third-order valence-electron chi connectivity index (χ3n) is 3.55. The molecule has 2 aliphatic rings. The van der Waals surface area contributed by atoms with Crippen LogP contribution in [0.3, 0.4) is 0 Å². The van der Waals surface area contributed by atoms with Crippen molar-refractivity contribution in [1.82, 2.24) is 10.2 Å². The molecule has 0 bridgehead atoms. The molecule has 0 aromatic carbocycles. The van der Waals surface area contributed by atoms with Gasteiger partial charge in [0.2, 0.25) is 5.91 Å². The first kappa shape index (κ1) is 10.9. The summed E-state index contributed by atoms with van der Waals surface area (Å²) in [5, 5.41) is 3.31. The van der Waals surface area contributed by atoms with Gasteiger partial charge in [-0.15, -0.1) is 0 Å². The number of hydrogen-bond donors (Lipinski definition) is 1. The summed E-state index contributed by atoms with van der Waals surface area (Å²) in [4.78, 5) is 13.9. The predicted octanol–water partition coefficient (Wildman–Crippen LogP) is 1.39. The zero-order chi connectivity index (χ0) is 10.7. The van der Waals surface area contributed by atoms with Gasteiger partial charge in [0.05, 0.1) is 6.04 Å². The molecule has 3 heteroatoms. The number of carbonyl (C=O) groups excluding carboxylic acids is 1. The highest BCUT2D eigenvalue weighted by Gasteiger charge is 2.26. The standard InChI is InChI=1S/C12H22N2O/c1-14(9-7-10-5-6-10)12(15)11-4-2-3-8-13-11/h10-11,13H,2-9H2,1H3/t11-/m0/s1. The average Bonchev–Trinajstić information content (AvgIpc) is 3.10. The molecule has 1 aliphatic carbocycles. The molecule has 1 saturated heterocycles. The van der Waals surface area contributed by atoms with Gasteiger partial charge in [0.15, 0.2) is 0 Å². The van der Waals surface area contributed by atoms with Gasteiger partial charge in [-0.25, -0.2) is 0 Å². The zero-order valence-corrected chi connectivity index (χ0v) is 9.67. The summed E-state index contributed by atoms with van der Waals surface area (Å²) >= 11 is 0. The van der Waals surface area contributed by atoms with Crippen LogP contribution in [0.25, 0.3) is 0 Å². The number of amides is 1. The molecule has 2 fully saturated rings. The molecular formula is C12H22N2O. The van der Waals surface area contributed by atoms with Crippen molar-refractivity contribution in [3.05, 3.63) is 0 Å². The molecule has 1 saturated carbocycles. The van der Waals surface area contributed by atoms with Crippen molar-refractivity contribution in [3.8, 4) is 0 Å². The molecule has 3 nitrogen and oxygen atoms in total. The van der Waals surface area contributed by atoms with E-state index in [0.29, 0.717) is 5.91 Å². The molecule has 1 heterocycles. The Morgan fingerprint density at radius 3 is 2.73 bits per heavy atom. The van der Waals surface area contributed by atoms with Gasteiger partial charge in [-0.05, 0) is 31.7 Å². The second-order valence-electron chi connectivity index (χ2n) is 4.99. The molecule has 15 heavy (non-hydrogen) atoms. The maximum atomic E-state index is 12.0. The monoisotopic (exact) mass is 210 g/mol. The maximum Gasteiger partial charge on any atom is 0.239 e. The van der Waals surface area contributed by atoms with E-state index in [1.165, 1.54) is 32.1 Å². The Morgan fingerprint density at radius 2 is 2.13 bits per heavy atom. The van der Waals surface area contributed by atoms with E-state index in [1.54, 1.807) is 0 Å². The minimum Gasteiger partial charge on any atom is -0.344 e. The van der Waals surface area contributed by atoms with Gasteiger partial charge < -0.3 is 10.2 Å². The summed E-state index contributed by atoms with van der Waals surface area (Å²) in [6, 6.07) is 0.1000. The Labute approximate surface area is 92.2 Å². The predicted molar refractivity (Wildman–Crippen MR) is 60.6 cm³/mol. The van der Waals surface area contributed by atoms with E-state index in [1.807, 2.05) is 11.9 Å². The number of likely N-dealkylation sites (N-methyl/N-ethyl adjacent to an activating group) is 1. The van der Waals surface area contributed by atoms with Crippen molar-refractivity contribution in [3.63, 3.8) is 0 Å². The highest BCUT2D eigenvalue weighted by molar-refractivity contribution is 5.81. The van der Waals surface area contributed by atoms with Crippen LogP contribution in [0.5, 0.6) is 0 Å². The van der Waals surface area contributed by atoms with Gasteiger partial charge in [0, 0.05) is 13.6 Å². The number of piperidine rings is 1. The number of carbonyl (C=O) groups is 1. The third kappa shape index (κ3) is 3.20. The van der Waals surface area contributed by atoms with Crippen molar-refractivity contribution in [1.29, 1.82) is 0 Å². The van der Waals surface area contributed by atoms with Crippen LogP contribution in [0, 0.1) is 5.92 Å². The summed E-state index contributed by atoms with van der Waals surface area (Å²) in [7, 11) is 1.95. The minimum absolute atomic E-state index is 0.1000. The maximum absolute atomic E-state index is 12.0. The molecule has 0 unspecified atom stereocenters. The van der Waals surface area contributed by atoms with Crippen molar-refractivity contribution in [2.24, 2.45) is 5.92 Å². The first-order chi connectivity index (χ1) is 7.27. The molecule has 1 atom stereocenters. The normalized spacial score (nSPS) is 26.3. The lowest BCUT2D eigenvalue weighted by Crippen LogP contribution is -2.47. The van der Waals surface area contributed by atoms with Crippen LogP contribution in [0.1, 0.15) is 38.5 Å². The van der Waals surface area contributed by atoms with E-state index < -0.39 is 0 Å². The summed E-state index contributed by atoms with van der Waals surface area (Å²) in [5.74, 6) is 1.22. The van der Waals surface area contributed by atoms with E-state index in [2.05, 4.69) is 5.32 Å². The van der Waals surface area contributed by atoms with Crippen LogP contribution in [0.15, 0.2) is 0 Å². The molecule has 2 rings (SSSR count). The summed E-state index contributed by atoms with van der Waals surface area (Å²) < 4.78 is 0. The van der Waals surface area contributed by atoms with Gasteiger partial charge in [-0.1, -0.05) is 19.3 Å². The van der Waals surface area contributed by atoms with E-state index in [4.69, 9.17) is 0 Å². The Morgan fingerprint density at radius 1 is 1.33 bits per heavy atom. The van der Waals surface area contributed by atoms with Crippen LogP contribution in [-0.4, -0.2) is 37.0 Å². The fourth-order valence-electron chi connectivity index (χ4n) is 2.22. The van der Waals surface area contributed by atoms with E-state index in [-0.39, 0.29) is 6.04 Å². The van der Waals surface area contributed by atoms with Gasteiger partial charge >= 0.3 is 0 Å². The fraction of sp³-hybridized carbons (Fsp3) is 0.917. The SMILES string of the molecule is CN(CCC1CC1)C(=O)[C@@H]1CCCCN1. The molecule has 0 aromatic rings. The first-order valence-electron chi connectivity index (χ1n) is 6.26. The molecule has 0 radical (unpaired) electrons. The van der Waals surface area contributed by atoms with Crippen molar-refractivity contribution >= 4 is 5.91 Å². The van der Waals surface area contributed by atoms with Gasteiger partial charge in [0.25, 0.3) is 0 Å². The zero-order valence-electron chi connectivity index (χ0n) is 9.67. The lowest BCUT2D eigenvalue weighted by molar-refractivity contribution is -0.132. The second kappa shape index (κ2) is 4.97. The van der Waals surface area contributed by atoms with Crippen molar-refractivity contribution in [2.75, 3.05) is 20.1 Å². The Balaban J connectivity index is 1.71. The molecule has 1 amide bonds. The quantitative estimate of drug-likeness (QED) is 0.760. The molecule has 0 spiro atoms. The van der Waals surface area contributed by atoms with Crippen LogP contribution in [-0.2, 0) is 4.79 Å². The van der Waals surface area contributed by atoms with E-state index in [0.717, 1.165) is 25.4 Å². The van der Waals surface area contributed by atoms with Gasteiger partial charge in [-0.2, -0.15) is 0 Å². The smallest absolute Gasteiger partial charge is 0.239 e. The topological polar surface area (TPSA) is 32.3 Å². The van der Waals surface area contributed by atoms with Crippen molar-refractivity contribution < 1.29 is 4.79 Å². The first-order valence-corrected chi connectivity index (χ1v) is 6.26. The molecule has 0 aromatic heterocycles. The van der Waals surface area contributed by atoms with Crippen LogP contribution < -0.4 is 5.32 Å². The lowest BCUT2D eigenvalue weighted by Gasteiger charge is -2.27. The largest absolute Gasteiger partial charge is 0.344 e. The van der Waals surface area contributed by atoms with Crippen LogP contribution in [0.2, 0.25) is 0 Å². The lowest BCUT2D eigenvalue weighted by atomic mass is 10.0. The Hall–Kier alpha value is -0.570. The second-order valence-corrected chi connectivity index (χ2v) is 4.99. The highest BCUT2D eigenvalue weighted by atomic mass is 16.2. The molecule has 1 aliphatic heterocycles. The van der Waals surface area contributed by atoms with Gasteiger partial charge in [0.1, 0.15) is 0 Å². The Kier molecular flexibility index (Phi) is 3.62. The minimum atomic E-state index is 0.1000. The molecule has 1 N–H and O–H groups in total. The number of rotatable bonds is 4. The molecular weight excluding hydrogens is 188 g/mol. The summed E-state index contributed by atoms with van der Waals surface area (Å²) in [6.45, 7) is 1.95. The Bertz CT molecular complexity index is 220. The van der Waals surface area contributed by atoms with Crippen molar-refractivity contribution in [2.45, 2.75) is 44.6 Å². The number of nitrogens with zero attached hydrogens (tertiary/aromatic N) is 1. The van der Waals surface area contributed by atoms with E-state index in [9.17, 15) is 4.79 Å². The summed E-state index contributed by atoms with van der Waals surface area (Å²) in [6.07, 6.45) is 7.39. The number of hydrogen-bond acceptors (Lipinski definition) is 2.